The van der Waals surface area contributed by atoms with Crippen LogP contribution in [0.5, 0.6) is 0 Å². The monoisotopic (exact) mass is 236 g/mol. The van der Waals surface area contributed by atoms with Crippen molar-refractivity contribution >= 4 is 10.2 Å². The van der Waals surface area contributed by atoms with Crippen molar-refractivity contribution in [2.75, 3.05) is 6.54 Å². The van der Waals surface area contributed by atoms with Crippen LogP contribution in [0.2, 0.25) is 0 Å². The van der Waals surface area contributed by atoms with E-state index in [1.807, 2.05) is 0 Å². The molecule has 0 spiro atoms. The predicted octanol–water partition coefficient (Wildman–Crippen LogP) is -0.0202. The number of rotatable bonds is 5. The van der Waals surface area contributed by atoms with Gasteiger partial charge < -0.3 is 5.11 Å². The van der Waals surface area contributed by atoms with Gasteiger partial charge in [-0.15, -0.1) is 0 Å². The van der Waals surface area contributed by atoms with E-state index < -0.39 is 21.9 Å². The van der Waals surface area contributed by atoms with Gasteiger partial charge in [0.2, 0.25) is 0 Å². The van der Waals surface area contributed by atoms with Gasteiger partial charge in [-0.25, -0.2) is 0 Å². The molecule has 15 heavy (non-hydrogen) atoms. The standard InChI is InChI=1S/C9H20N2O3S/c1-9(2,3)11-15(13,14)10-6-8(12)7-4-5-7/h7-8,10-12H,4-6H2,1-3H3. The third-order valence-electron chi connectivity index (χ3n) is 2.09. The Kier molecular flexibility index (Phi) is 3.76. The lowest BCUT2D eigenvalue weighted by molar-refractivity contribution is 0.155. The molecule has 0 radical (unpaired) electrons. The Hall–Kier alpha value is -0.170. The maximum Gasteiger partial charge on any atom is 0.277 e. The first-order valence-electron chi connectivity index (χ1n) is 5.16. The van der Waals surface area contributed by atoms with Gasteiger partial charge in [0, 0.05) is 12.1 Å². The van der Waals surface area contributed by atoms with Crippen LogP contribution in [0.1, 0.15) is 33.6 Å². The fourth-order valence-corrected chi connectivity index (χ4v) is 2.55. The summed E-state index contributed by atoms with van der Waals surface area (Å²) in [5.41, 5.74) is -0.504. The van der Waals surface area contributed by atoms with Crippen molar-refractivity contribution in [1.82, 2.24) is 9.44 Å². The number of nitrogens with one attached hydrogen (secondary N) is 2. The molecule has 0 saturated heterocycles. The molecule has 0 heterocycles. The maximum absolute atomic E-state index is 11.5. The molecule has 6 heteroatoms. The average molecular weight is 236 g/mol. The summed E-state index contributed by atoms with van der Waals surface area (Å²) in [4.78, 5) is 0. The highest BCUT2D eigenvalue weighted by molar-refractivity contribution is 7.87. The van der Waals surface area contributed by atoms with Gasteiger partial charge in [-0.2, -0.15) is 17.9 Å². The topological polar surface area (TPSA) is 78.4 Å². The molecule has 1 unspecified atom stereocenters. The molecule has 1 aliphatic carbocycles. The van der Waals surface area contributed by atoms with Crippen LogP contribution in [0.25, 0.3) is 0 Å². The second-order valence-electron chi connectivity index (χ2n) is 5.11. The predicted molar refractivity (Wildman–Crippen MR) is 58.5 cm³/mol. The molecule has 1 atom stereocenters. The fourth-order valence-electron chi connectivity index (χ4n) is 1.28. The van der Waals surface area contributed by atoms with E-state index in [0.29, 0.717) is 0 Å². The highest BCUT2D eigenvalue weighted by Crippen LogP contribution is 2.32. The number of hydrogen-bond acceptors (Lipinski definition) is 3. The van der Waals surface area contributed by atoms with E-state index in [0.717, 1.165) is 12.8 Å². The summed E-state index contributed by atoms with van der Waals surface area (Å²) in [5.74, 6) is 0.280. The van der Waals surface area contributed by atoms with Gasteiger partial charge in [0.15, 0.2) is 0 Å². The Morgan fingerprint density at radius 3 is 2.33 bits per heavy atom. The summed E-state index contributed by atoms with van der Waals surface area (Å²) < 4.78 is 27.7. The van der Waals surface area contributed by atoms with Crippen LogP contribution in [0.4, 0.5) is 0 Å². The van der Waals surface area contributed by atoms with Gasteiger partial charge in [-0.1, -0.05) is 0 Å². The third kappa shape index (κ3) is 5.46. The van der Waals surface area contributed by atoms with Crippen molar-refractivity contribution in [3.63, 3.8) is 0 Å². The minimum Gasteiger partial charge on any atom is -0.391 e. The summed E-state index contributed by atoms with van der Waals surface area (Å²) in [5, 5.41) is 9.50. The molecular weight excluding hydrogens is 216 g/mol. The Morgan fingerprint density at radius 1 is 1.40 bits per heavy atom. The van der Waals surface area contributed by atoms with Gasteiger partial charge in [0.1, 0.15) is 0 Å². The quantitative estimate of drug-likeness (QED) is 0.628. The van der Waals surface area contributed by atoms with Crippen LogP contribution in [-0.2, 0) is 10.2 Å². The largest absolute Gasteiger partial charge is 0.391 e. The summed E-state index contributed by atoms with van der Waals surface area (Å²) in [7, 11) is -3.50. The van der Waals surface area contributed by atoms with Gasteiger partial charge >= 0.3 is 0 Å². The molecule has 0 amide bonds. The van der Waals surface area contributed by atoms with E-state index in [2.05, 4.69) is 9.44 Å². The molecule has 0 aromatic carbocycles. The molecule has 1 rings (SSSR count). The number of hydrogen-bond donors (Lipinski definition) is 3. The first-order valence-corrected chi connectivity index (χ1v) is 6.64. The smallest absolute Gasteiger partial charge is 0.277 e. The third-order valence-corrected chi connectivity index (χ3v) is 3.52. The molecule has 0 aromatic rings. The zero-order valence-corrected chi connectivity index (χ0v) is 10.3. The first kappa shape index (κ1) is 12.9. The zero-order chi connectivity index (χ0) is 11.7. The normalized spacial score (nSPS) is 20.3. The Bertz CT molecular complexity index is 304. The van der Waals surface area contributed by atoms with E-state index in [1.54, 1.807) is 20.8 Å². The molecule has 90 valence electrons. The van der Waals surface area contributed by atoms with E-state index in [9.17, 15) is 13.5 Å². The van der Waals surface area contributed by atoms with Crippen molar-refractivity contribution in [3.05, 3.63) is 0 Å². The second kappa shape index (κ2) is 4.37. The van der Waals surface area contributed by atoms with Crippen molar-refractivity contribution in [1.29, 1.82) is 0 Å². The summed E-state index contributed by atoms with van der Waals surface area (Å²) >= 11 is 0. The van der Waals surface area contributed by atoms with Gasteiger partial charge in [-0.3, -0.25) is 0 Å². The summed E-state index contributed by atoms with van der Waals surface area (Å²) in [6, 6.07) is 0. The van der Waals surface area contributed by atoms with E-state index >= 15 is 0 Å². The molecule has 1 saturated carbocycles. The molecule has 0 aliphatic heterocycles. The molecule has 1 aliphatic rings. The minimum atomic E-state index is -3.50. The molecule has 0 bridgehead atoms. The lowest BCUT2D eigenvalue weighted by Crippen LogP contribution is -2.48. The van der Waals surface area contributed by atoms with Gasteiger partial charge in [0.25, 0.3) is 10.2 Å². The minimum absolute atomic E-state index is 0.0933. The van der Waals surface area contributed by atoms with Crippen molar-refractivity contribution in [2.45, 2.75) is 45.3 Å². The summed E-state index contributed by atoms with van der Waals surface area (Å²) in [6.45, 7) is 5.40. The van der Waals surface area contributed by atoms with Crippen LogP contribution in [0, 0.1) is 5.92 Å². The van der Waals surface area contributed by atoms with Gasteiger partial charge in [0.05, 0.1) is 6.10 Å². The lowest BCUT2D eigenvalue weighted by atomic mass is 10.1. The van der Waals surface area contributed by atoms with Crippen LogP contribution < -0.4 is 9.44 Å². The number of aliphatic hydroxyl groups is 1. The Labute approximate surface area is 91.4 Å². The Balaban J connectivity index is 2.35. The SMILES string of the molecule is CC(C)(C)NS(=O)(=O)NCC(O)C1CC1. The molecular formula is C9H20N2O3S. The Morgan fingerprint density at radius 2 is 1.93 bits per heavy atom. The van der Waals surface area contributed by atoms with Gasteiger partial charge in [-0.05, 0) is 39.5 Å². The maximum atomic E-state index is 11.5. The highest BCUT2D eigenvalue weighted by atomic mass is 32.2. The van der Waals surface area contributed by atoms with E-state index in [1.165, 1.54) is 0 Å². The molecule has 3 N–H and O–H groups in total. The first-order chi connectivity index (χ1) is 6.70. The van der Waals surface area contributed by atoms with Crippen molar-refractivity contribution < 1.29 is 13.5 Å². The average Bonchev–Trinajstić information content (AvgIpc) is 2.77. The highest BCUT2D eigenvalue weighted by Gasteiger charge is 2.30. The van der Waals surface area contributed by atoms with Crippen LogP contribution in [0.3, 0.4) is 0 Å². The molecule has 1 fully saturated rings. The summed E-state index contributed by atoms with van der Waals surface area (Å²) in [6.07, 6.45) is 1.44. The van der Waals surface area contributed by atoms with E-state index in [-0.39, 0.29) is 12.5 Å². The molecule has 5 nitrogen and oxygen atoms in total. The van der Waals surface area contributed by atoms with Crippen LogP contribution in [-0.4, -0.2) is 31.7 Å². The van der Waals surface area contributed by atoms with E-state index in [4.69, 9.17) is 0 Å². The fraction of sp³-hybridized carbons (Fsp3) is 1.00. The van der Waals surface area contributed by atoms with Crippen molar-refractivity contribution in [3.8, 4) is 0 Å². The van der Waals surface area contributed by atoms with Crippen molar-refractivity contribution in [2.24, 2.45) is 5.92 Å². The second-order valence-corrected chi connectivity index (χ2v) is 6.61. The van der Waals surface area contributed by atoms with Crippen LogP contribution >= 0.6 is 0 Å². The van der Waals surface area contributed by atoms with Crippen LogP contribution in [0.15, 0.2) is 0 Å². The zero-order valence-electron chi connectivity index (χ0n) is 9.45. The molecule has 0 aromatic heterocycles. The lowest BCUT2D eigenvalue weighted by Gasteiger charge is -2.21. The number of aliphatic hydroxyl groups excluding tert-OH is 1.